The van der Waals surface area contributed by atoms with Gasteiger partial charge >= 0.3 is 0 Å². The van der Waals surface area contributed by atoms with Crippen LogP contribution in [0.25, 0.3) is 0 Å². The van der Waals surface area contributed by atoms with Gasteiger partial charge in [0.05, 0.1) is 0 Å². The molecule has 2 aromatic carbocycles. The average Bonchev–Trinajstić information content (AvgIpc) is 2.55. The second-order valence-corrected chi connectivity index (χ2v) is 5.95. The van der Waals surface area contributed by atoms with Crippen LogP contribution in [0.4, 0.5) is 5.69 Å². The van der Waals surface area contributed by atoms with Gasteiger partial charge in [-0.05, 0) is 31.5 Å². The second kappa shape index (κ2) is 6.31. The fourth-order valence-corrected chi connectivity index (χ4v) is 3.15. The minimum atomic E-state index is 0.503. The molecule has 0 N–H and O–H groups in total. The zero-order valence-corrected chi connectivity index (χ0v) is 13.0. The predicted octanol–water partition coefficient (Wildman–Crippen LogP) is 3.88. The number of hydrogen-bond donors (Lipinski definition) is 0. The predicted molar refractivity (Wildman–Crippen MR) is 89.8 cm³/mol. The first kappa shape index (κ1) is 14.2. The number of rotatable bonds is 3. The molecule has 1 fully saturated rings. The average molecular weight is 280 g/mol. The molecule has 0 amide bonds. The van der Waals surface area contributed by atoms with Crippen molar-refractivity contribution >= 4 is 5.69 Å². The molecule has 1 unspecified atom stereocenters. The first-order chi connectivity index (χ1) is 10.2. The van der Waals surface area contributed by atoms with Gasteiger partial charge in [0.15, 0.2) is 0 Å². The Morgan fingerprint density at radius 3 is 2.24 bits per heavy atom. The molecule has 2 heteroatoms. The van der Waals surface area contributed by atoms with Crippen molar-refractivity contribution in [3.05, 3.63) is 65.7 Å². The smallest absolute Gasteiger partial charge is 0.0367 e. The van der Waals surface area contributed by atoms with Crippen LogP contribution < -0.4 is 4.90 Å². The Morgan fingerprint density at radius 2 is 1.57 bits per heavy atom. The molecule has 1 aliphatic heterocycles. The van der Waals surface area contributed by atoms with Crippen molar-refractivity contribution < 1.29 is 0 Å². The number of piperazine rings is 1. The molecule has 0 radical (unpaired) electrons. The first-order valence-electron chi connectivity index (χ1n) is 7.84. The minimum absolute atomic E-state index is 0.503. The summed E-state index contributed by atoms with van der Waals surface area (Å²) >= 11 is 0. The van der Waals surface area contributed by atoms with Gasteiger partial charge in [-0.15, -0.1) is 0 Å². The highest BCUT2D eigenvalue weighted by Gasteiger charge is 2.22. The van der Waals surface area contributed by atoms with E-state index in [1.807, 2.05) is 0 Å². The van der Waals surface area contributed by atoms with Gasteiger partial charge in [-0.3, -0.25) is 4.90 Å². The lowest BCUT2D eigenvalue weighted by Gasteiger charge is -2.39. The Kier molecular flexibility index (Phi) is 4.26. The maximum Gasteiger partial charge on any atom is 0.0367 e. The molecule has 1 heterocycles. The van der Waals surface area contributed by atoms with Gasteiger partial charge in [0, 0.05) is 37.9 Å². The van der Waals surface area contributed by atoms with Crippen molar-refractivity contribution in [3.63, 3.8) is 0 Å². The molecule has 2 aromatic rings. The number of nitrogens with zero attached hydrogens (tertiary/aromatic N) is 2. The molecule has 0 spiro atoms. The summed E-state index contributed by atoms with van der Waals surface area (Å²) < 4.78 is 0. The summed E-state index contributed by atoms with van der Waals surface area (Å²) in [6.45, 7) is 8.98. The van der Waals surface area contributed by atoms with Crippen molar-refractivity contribution in [2.75, 3.05) is 31.1 Å². The summed E-state index contributed by atoms with van der Waals surface area (Å²) in [6.07, 6.45) is 0. The van der Waals surface area contributed by atoms with Crippen LogP contribution in [0.3, 0.4) is 0 Å². The highest BCUT2D eigenvalue weighted by molar-refractivity contribution is 5.46. The van der Waals surface area contributed by atoms with E-state index in [4.69, 9.17) is 0 Å². The third-order valence-electron chi connectivity index (χ3n) is 4.51. The normalized spacial score (nSPS) is 17.7. The lowest BCUT2D eigenvalue weighted by atomic mass is 10.0. The lowest BCUT2D eigenvalue weighted by Crippen LogP contribution is -2.47. The molecule has 21 heavy (non-hydrogen) atoms. The van der Waals surface area contributed by atoms with Gasteiger partial charge in [0.1, 0.15) is 0 Å². The van der Waals surface area contributed by atoms with E-state index in [0.29, 0.717) is 6.04 Å². The van der Waals surface area contributed by atoms with E-state index in [-0.39, 0.29) is 0 Å². The summed E-state index contributed by atoms with van der Waals surface area (Å²) in [7, 11) is 0. The van der Waals surface area contributed by atoms with Gasteiger partial charge in [-0.1, -0.05) is 48.0 Å². The van der Waals surface area contributed by atoms with Crippen LogP contribution in [0.5, 0.6) is 0 Å². The summed E-state index contributed by atoms with van der Waals surface area (Å²) in [5, 5.41) is 0. The van der Waals surface area contributed by atoms with Crippen molar-refractivity contribution in [1.29, 1.82) is 0 Å². The summed E-state index contributed by atoms with van der Waals surface area (Å²) in [4.78, 5) is 5.08. The number of para-hydroxylation sites is 1. The summed E-state index contributed by atoms with van der Waals surface area (Å²) in [5.41, 5.74) is 4.13. The van der Waals surface area contributed by atoms with E-state index in [1.165, 1.54) is 16.8 Å². The Balaban J connectivity index is 1.63. The zero-order valence-electron chi connectivity index (χ0n) is 13.0. The largest absolute Gasteiger partial charge is 0.369 e. The standard InChI is InChI=1S/C19H24N2/c1-16-7-6-8-18(15-16)17(2)20-11-13-21(14-12-20)19-9-4-3-5-10-19/h3-10,15,17H,11-14H2,1-2H3. The van der Waals surface area contributed by atoms with Crippen LogP contribution >= 0.6 is 0 Å². The third-order valence-corrected chi connectivity index (χ3v) is 4.51. The molecule has 110 valence electrons. The first-order valence-corrected chi connectivity index (χ1v) is 7.84. The molecule has 1 aliphatic rings. The summed E-state index contributed by atoms with van der Waals surface area (Å²) in [5.74, 6) is 0. The second-order valence-electron chi connectivity index (χ2n) is 5.95. The number of aryl methyl sites for hydroxylation is 1. The topological polar surface area (TPSA) is 6.48 Å². The Labute approximate surface area is 128 Å². The van der Waals surface area contributed by atoms with Crippen molar-refractivity contribution in [2.24, 2.45) is 0 Å². The molecule has 0 aromatic heterocycles. The van der Waals surface area contributed by atoms with E-state index < -0.39 is 0 Å². The van der Waals surface area contributed by atoms with Crippen LogP contribution in [0.15, 0.2) is 54.6 Å². The van der Waals surface area contributed by atoms with Gasteiger partial charge in [0.25, 0.3) is 0 Å². The molecule has 1 saturated heterocycles. The van der Waals surface area contributed by atoms with Crippen molar-refractivity contribution in [2.45, 2.75) is 19.9 Å². The zero-order chi connectivity index (χ0) is 14.7. The molecular weight excluding hydrogens is 256 g/mol. The number of hydrogen-bond acceptors (Lipinski definition) is 2. The van der Waals surface area contributed by atoms with Gasteiger partial charge in [-0.25, -0.2) is 0 Å². The Bertz CT molecular complexity index is 571. The van der Waals surface area contributed by atoms with E-state index in [1.54, 1.807) is 0 Å². The fraction of sp³-hybridized carbons (Fsp3) is 0.368. The lowest BCUT2D eigenvalue weighted by molar-refractivity contribution is 0.198. The van der Waals surface area contributed by atoms with Gasteiger partial charge in [0.2, 0.25) is 0 Å². The minimum Gasteiger partial charge on any atom is -0.369 e. The van der Waals surface area contributed by atoms with E-state index in [2.05, 4.69) is 78.2 Å². The van der Waals surface area contributed by atoms with Crippen LogP contribution in [0.1, 0.15) is 24.1 Å². The Hall–Kier alpha value is -1.80. The van der Waals surface area contributed by atoms with Crippen LogP contribution in [-0.2, 0) is 0 Å². The summed E-state index contributed by atoms with van der Waals surface area (Å²) in [6, 6.07) is 20.1. The SMILES string of the molecule is Cc1cccc(C(C)N2CCN(c3ccccc3)CC2)c1. The molecule has 0 bridgehead atoms. The van der Waals surface area contributed by atoms with Crippen LogP contribution in [0.2, 0.25) is 0 Å². The quantitative estimate of drug-likeness (QED) is 0.842. The highest BCUT2D eigenvalue weighted by atomic mass is 15.3. The van der Waals surface area contributed by atoms with Crippen LogP contribution in [-0.4, -0.2) is 31.1 Å². The Morgan fingerprint density at radius 1 is 0.857 bits per heavy atom. The molecule has 1 atom stereocenters. The van der Waals surface area contributed by atoms with Gasteiger partial charge in [-0.2, -0.15) is 0 Å². The molecule has 2 nitrogen and oxygen atoms in total. The monoisotopic (exact) mass is 280 g/mol. The molecular formula is C19H24N2. The maximum atomic E-state index is 2.59. The van der Waals surface area contributed by atoms with Crippen molar-refractivity contribution in [1.82, 2.24) is 4.90 Å². The maximum absolute atomic E-state index is 2.59. The third kappa shape index (κ3) is 3.27. The molecule has 0 saturated carbocycles. The van der Waals surface area contributed by atoms with E-state index in [9.17, 15) is 0 Å². The molecule has 0 aliphatic carbocycles. The number of anilines is 1. The fourth-order valence-electron chi connectivity index (χ4n) is 3.15. The van der Waals surface area contributed by atoms with E-state index >= 15 is 0 Å². The number of benzene rings is 2. The highest BCUT2D eigenvalue weighted by Crippen LogP contribution is 2.24. The van der Waals surface area contributed by atoms with E-state index in [0.717, 1.165) is 26.2 Å². The van der Waals surface area contributed by atoms with Crippen molar-refractivity contribution in [3.8, 4) is 0 Å². The van der Waals surface area contributed by atoms with Gasteiger partial charge < -0.3 is 4.90 Å². The molecule has 3 rings (SSSR count). The van der Waals surface area contributed by atoms with Crippen LogP contribution in [0, 0.1) is 6.92 Å².